The lowest BCUT2D eigenvalue weighted by molar-refractivity contribution is 0.411. The van der Waals surface area contributed by atoms with E-state index in [4.69, 9.17) is 5.73 Å². The van der Waals surface area contributed by atoms with Crippen molar-refractivity contribution < 1.29 is 0 Å². The fourth-order valence-electron chi connectivity index (χ4n) is 2.62. The summed E-state index contributed by atoms with van der Waals surface area (Å²) in [4.78, 5) is 0. The number of hydrogen-bond acceptors (Lipinski definition) is 2. The van der Waals surface area contributed by atoms with Crippen molar-refractivity contribution >= 4 is 5.69 Å². The molecule has 0 radical (unpaired) electrons. The highest BCUT2D eigenvalue weighted by Crippen LogP contribution is 2.27. The van der Waals surface area contributed by atoms with Gasteiger partial charge in [-0.15, -0.1) is 0 Å². The van der Waals surface area contributed by atoms with E-state index in [0.29, 0.717) is 18.0 Å². The van der Waals surface area contributed by atoms with Gasteiger partial charge in [-0.2, -0.15) is 0 Å². The van der Waals surface area contributed by atoms with Gasteiger partial charge in [-0.25, -0.2) is 0 Å². The smallest absolute Gasteiger partial charge is 0.0377 e. The fourth-order valence-corrected chi connectivity index (χ4v) is 2.62. The number of nitrogens with one attached hydrogen (secondary N) is 1. The monoisotopic (exact) mass is 232 g/mol. The zero-order valence-corrected chi connectivity index (χ0v) is 10.9. The lowest BCUT2D eigenvalue weighted by Crippen LogP contribution is -2.33. The molecule has 0 aliphatic heterocycles. The minimum absolute atomic E-state index is 0.424. The Morgan fingerprint density at radius 1 is 1.12 bits per heavy atom. The molecule has 0 unspecified atom stereocenters. The third kappa shape index (κ3) is 3.22. The van der Waals surface area contributed by atoms with Crippen molar-refractivity contribution in [2.45, 2.75) is 57.5 Å². The van der Waals surface area contributed by atoms with Crippen LogP contribution in [0.25, 0.3) is 0 Å². The van der Waals surface area contributed by atoms with Gasteiger partial charge in [0.05, 0.1) is 0 Å². The van der Waals surface area contributed by atoms with Crippen LogP contribution in [-0.4, -0.2) is 12.1 Å². The van der Waals surface area contributed by atoms with E-state index < -0.39 is 0 Å². The highest BCUT2D eigenvalue weighted by Gasteiger charge is 2.19. The van der Waals surface area contributed by atoms with Crippen LogP contribution in [0.2, 0.25) is 0 Å². The summed E-state index contributed by atoms with van der Waals surface area (Å²) < 4.78 is 0. The van der Waals surface area contributed by atoms with E-state index in [9.17, 15) is 0 Å². The average Bonchev–Trinajstić information content (AvgIpc) is 2.32. The Kier molecular flexibility index (Phi) is 4.06. The molecule has 0 atom stereocenters. The fraction of sp³-hybridized carbons (Fsp3) is 0.600. The molecule has 1 fully saturated rings. The van der Waals surface area contributed by atoms with Gasteiger partial charge in [0.1, 0.15) is 0 Å². The zero-order valence-electron chi connectivity index (χ0n) is 10.9. The van der Waals surface area contributed by atoms with Crippen molar-refractivity contribution in [3.8, 4) is 0 Å². The lowest BCUT2D eigenvalue weighted by Gasteiger charge is -2.29. The van der Waals surface area contributed by atoms with Gasteiger partial charge in [-0.1, -0.05) is 32.0 Å². The van der Waals surface area contributed by atoms with Gasteiger partial charge in [-0.3, -0.25) is 0 Å². The number of para-hydroxylation sites is 1. The zero-order chi connectivity index (χ0) is 12.3. The quantitative estimate of drug-likeness (QED) is 0.837. The second-order valence-corrected chi connectivity index (χ2v) is 5.50. The second kappa shape index (κ2) is 5.54. The van der Waals surface area contributed by atoms with Gasteiger partial charge in [0.15, 0.2) is 0 Å². The largest absolute Gasteiger partial charge is 0.382 e. The first-order chi connectivity index (χ1) is 8.16. The van der Waals surface area contributed by atoms with Crippen molar-refractivity contribution in [2.75, 3.05) is 5.32 Å². The van der Waals surface area contributed by atoms with Crippen LogP contribution in [0.1, 0.15) is 51.0 Å². The van der Waals surface area contributed by atoms with Crippen LogP contribution in [0.4, 0.5) is 5.69 Å². The molecule has 0 amide bonds. The second-order valence-electron chi connectivity index (χ2n) is 5.50. The molecule has 2 heteroatoms. The summed E-state index contributed by atoms with van der Waals surface area (Å²) >= 11 is 0. The average molecular weight is 232 g/mol. The summed E-state index contributed by atoms with van der Waals surface area (Å²) in [7, 11) is 0. The summed E-state index contributed by atoms with van der Waals surface area (Å²) in [6.07, 6.45) is 4.71. The van der Waals surface area contributed by atoms with Gasteiger partial charge < -0.3 is 11.1 Å². The summed E-state index contributed by atoms with van der Waals surface area (Å²) in [5.74, 6) is 0.574. The third-order valence-corrected chi connectivity index (χ3v) is 3.71. The predicted molar refractivity (Wildman–Crippen MR) is 74.4 cm³/mol. The SMILES string of the molecule is CC(C)c1ccccc1NC1CCC(N)CC1. The van der Waals surface area contributed by atoms with Gasteiger partial charge in [0.25, 0.3) is 0 Å². The molecule has 2 rings (SSSR count). The molecular formula is C15H24N2. The predicted octanol–water partition coefficient (Wildman–Crippen LogP) is 3.49. The molecule has 1 saturated carbocycles. The number of benzene rings is 1. The highest BCUT2D eigenvalue weighted by atomic mass is 14.9. The van der Waals surface area contributed by atoms with E-state index in [1.165, 1.54) is 24.1 Å². The van der Waals surface area contributed by atoms with Gasteiger partial charge >= 0.3 is 0 Å². The summed E-state index contributed by atoms with van der Waals surface area (Å²) in [6.45, 7) is 4.49. The van der Waals surface area contributed by atoms with Crippen LogP contribution in [-0.2, 0) is 0 Å². The van der Waals surface area contributed by atoms with Gasteiger partial charge in [0, 0.05) is 17.8 Å². The molecule has 1 aromatic rings. The van der Waals surface area contributed by atoms with Crippen LogP contribution >= 0.6 is 0 Å². The van der Waals surface area contributed by atoms with Crippen LogP contribution in [0, 0.1) is 0 Å². The van der Waals surface area contributed by atoms with E-state index in [0.717, 1.165) is 12.8 Å². The molecule has 0 aromatic heterocycles. The Hall–Kier alpha value is -1.02. The van der Waals surface area contributed by atoms with Gasteiger partial charge in [0.2, 0.25) is 0 Å². The minimum atomic E-state index is 0.424. The third-order valence-electron chi connectivity index (χ3n) is 3.71. The molecule has 1 aliphatic rings. The normalized spacial score (nSPS) is 24.9. The first-order valence-corrected chi connectivity index (χ1v) is 6.78. The molecule has 1 aromatic carbocycles. The maximum atomic E-state index is 5.94. The lowest BCUT2D eigenvalue weighted by atomic mass is 9.91. The topological polar surface area (TPSA) is 38.0 Å². The van der Waals surface area contributed by atoms with E-state index in [1.54, 1.807) is 0 Å². The molecule has 0 saturated heterocycles. The minimum Gasteiger partial charge on any atom is -0.382 e. The van der Waals surface area contributed by atoms with Crippen molar-refractivity contribution in [1.82, 2.24) is 0 Å². The number of anilines is 1. The summed E-state index contributed by atoms with van der Waals surface area (Å²) in [5.41, 5.74) is 8.67. The Labute approximate surface area is 105 Å². The molecular weight excluding hydrogens is 208 g/mol. The van der Waals surface area contributed by atoms with Crippen LogP contribution < -0.4 is 11.1 Å². The van der Waals surface area contributed by atoms with Crippen LogP contribution in [0.5, 0.6) is 0 Å². The van der Waals surface area contributed by atoms with Crippen molar-refractivity contribution in [1.29, 1.82) is 0 Å². The Morgan fingerprint density at radius 2 is 1.76 bits per heavy atom. The summed E-state index contributed by atoms with van der Waals surface area (Å²) in [6, 6.07) is 9.69. The molecule has 3 N–H and O–H groups in total. The summed E-state index contributed by atoms with van der Waals surface area (Å²) in [5, 5.41) is 3.70. The Bertz CT molecular complexity index is 352. The van der Waals surface area contributed by atoms with E-state index in [1.807, 2.05) is 0 Å². The number of hydrogen-bond donors (Lipinski definition) is 2. The number of nitrogens with two attached hydrogens (primary N) is 1. The first kappa shape index (κ1) is 12.4. The first-order valence-electron chi connectivity index (χ1n) is 6.78. The molecule has 0 spiro atoms. The van der Waals surface area contributed by atoms with Crippen molar-refractivity contribution in [2.24, 2.45) is 5.73 Å². The van der Waals surface area contributed by atoms with Crippen LogP contribution in [0.3, 0.4) is 0 Å². The molecule has 2 nitrogen and oxygen atoms in total. The Morgan fingerprint density at radius 3 is 2.41 bits per heavy atom. The highest BCUT2D eigenvalue weighted by molar-refractivity contribution is 5.53. The van der Waals surface area contributed by atoms with Crippen molar-refractivity contribution in [3.05, 3.63) is 29.8 Å². The van der Waals surface area contributed by atoms with E-state index in [2.05, 4.69) is 43.4 Å². The van der Waals surface area contributed by atoms with Crippen LogP contribution in [0.15, 0.2) is 24.3 Å². The standard InChI is InChI=1S/C15H24N2/c1-11(2)14-5-3-4-6-15(14)17-13-9-7-12(16)8-10-13/h3-6,11-13,17H,7-10,16H2,1-2H3. The molecule has 0 heterocycles. The molecule has 0 bridgehead atoms. The number of rotatable bonds is 3. The van der Waals surface area contributed by atoms with Crippen molar-refractivity contribution in [3.63, 3.8) is 0 Å². The van der Waals surface area contributed by atoms with Gasteiger partial charge in [-0.05, 0) is 43.2 Å². The Balaban J connectivity index is 2.03. The van der Waals surface area contributed by atoms with E-state index in [-0.39, 0.29) is 0 Å². The molecule has 1 aliphatic carbocycles. The molecule has 94 valence electrons. The van der Waals surface area contributed by atoms with E-state index >= 15 is 0 Å². The maximum absolute atomic E-state index is 5.94. The maximum Gasteiger partial charge on any atom is 0.0377 e. The molecule has 17 heavy (non-hydrogen) atoms.